The van der Waals surface area contributed by atoms with Crippen LogP contribution in [0.25, 0.3) is 11.6 Å². The number of carbonyl (C=O) groups is 2. The van der Waals surface area contributed by atoms with Gasteiger partial charge in [0.1, 0.15) is 0 Å². The van der Waals surface area contributed by atoms with Gasteiger partial charge in [-0.25, -0.2) is 0 Å². The van der Waals surface area contributed by atoms with Gasteiger partial charge in [-0.05, 0) is 32.4 Å². The Morgan fingerprint density at radius 1 is 1.38 bits per heavy atom. The minimum Gasteiger partial charge on any atom is -0.461 e. The third-order valence-electron chi connectivity index (χ3n) is 3.59. The lowest BCUT2D eigenvalue weighted by molar-refractivity contribution is -0.146. The molecular weight excluding hydrogens is 356 g/mol. The third kappa shape index (κ3) is 5.62. The van der Waals surface area contributed by atoms with Gasteiger partial charge in [0.05, 0.1) is 12.0 Å². The molecule has 0 spiro atoms. The van der Waals surface area contributed by atoms with Gasteiger partial charge in [-0.15, -0.1) is 10.2 Å². The van der Waals surface area contributed by atoms with Crippen molar-refractivity contribution in [1.29, 1.82) is 0 Å². The minimum atomic E-state index is -0.474. The van der Waals surface area contributed by atoms with Gasteiger partial charge < -0.3 is 14.5 Å². The summed E-state index contributed by atoms with van der Waals surface area (Å²) in [5.41, 5.74) is 0. The summed E-state index contributed by atoms with van der Waals surface area (Å²) in [6, 6.07) is 3.65. The molecule has 2 rings (SSSR count). The van der Waals surface area contributed by atoms with Gasteiger partial charge in [0.25, 0.3) is 5.91 Å². The van der Waals surface area contributed by atoms with Crippen molar-refractivity contribution in [2.45, 2.75) is 51.4 Å². The number of ether oxygens (including phenoxy) is 1. The first-order valence-electron chi connectivity index (χ1n) is 8.60. The normalized spacial score (nSPS) is 12.0. The van der Waals surface area contributed by atoms with Crippen molar-refractivity contribution in [2.75, 3.05) is 12.4 Å². The average Bonchev–Trinajstić information content (AvgIpc) is 3.26. The van der Waals surface area contributed by atoms with Gasteiger partial charge in [0.2, 0.25) is 0 Å². The van der Waals surface area contributed by atoms with Crippen LogP contribution in [-0.2, 0) is 20.9 Å². The molecule has 1 atom stereocenters. The average molecular weight is 380 g/mol. The van der Waals surface area contributed by atoms with Crippen molar-refractivity contribution in [3.8, 4) is 11.6 Å². The van der Waals surface area contributed by atoms with E-state index in [0.29, 0.717) is 23.3 Å². The summed E-state index contributed by atoms with van der Waals surface area (Å²) >= 11 is 1.21. The molecule has 0 aliphatic carbocycles. The van der Waals surface area contributed by atoms with E-state index >= 15 is 0 Å². The summed E-state index contributed by atoms with van der Waals surface area (Å²) in [5.74, 6) is 0.512. The highest BCUT2D eigenvalue weighted by molar-refractivity contribution is 7.99. The van der Waals surface area contributed by atoms with E-state index in [1.54, 1.807) is 18.4 Å². The standard InChI is InChI=1S/C17H24N4O4S/c1-4-7-12(3)18-14(22)10-25-15(23)11-26-17-20-19-16(21(17)5-2)13-8-6-9-24-13/h6,8-9,12H,4-5,7,10-11H2,1-3H3,(H,18,22)/t12-/m0/s1. The van der Waals surface area contributed by atoms with Gasteiger partial charge >= 0.3 is 5.97 Å². The second-order valence-corrected chi connectivity index (χ2v) is 6.68. The van der Waals surface area contributed by atoms with Crippen LogP contribution in [-0.4, -0.2) is 45.0 Å². The SMILES string of the molecule is CCC[C@H](C)NC(=O)COC(=O)CSc1nnc(-c2ccco2)n1CC. The Labute approximate surface area is 156 Å². The van der Waals surface area contributed by atoms with E-state index in [0.717, 1.165) is 12.8 Å². The Kier molecular flexibility index (Phi) is 7.71. The van der Waals surface area contributed by atoms with Gasteiger partial charge in [-0.3, -0.25) is 14.2 Å². The zero-order valence-electron chi connectivity index (χ0n) is 15.2. The summed E-state index contributed by atoms with van der Waals surface area (Å²) < 4.78 is 12.2. The number of carbonyl (C=O) groups excluding carboxylic acids is 2. The second-order valence-electron chi connectivity index (χ2n) is 5.73. The maximum Gasteiger partial charge on any atom is 0.316 e. The van der Waals surface area contributed by atoms with E-state index < -0.39 is 5.97 Å². The van der Waals surface area contributed by atoms with Crippen molar-refractivity contribution < 1.29 is 18.7 Å². The molecule has 9 heteroatoms. The predicted molar refractivity (Wildman–Crippen MR) is 97.6 cm³/mol. The fourth-order valence-corrected chi connectivity index (χ4v) is 3.20. The van der Waals surface area contributed by atoms with Crippen molar-refractivity contribution >= 4 is 23.6 Å². The number of amides is 1. The molecule has 0 fully saturated rings. The highest BCUT2D eigenvalue weighted by atomic mass is 32.2. The number of hydrogen-bond acceptors (Lipinski definition) is 7. The van der Waals surface area contributed by atoms with E-state index in [9.17, 15) is 9.59 Å². The summed E-state index contributed by atoms with van der Waals surface area (Å²) in [4.78, 5) is 23.6. The Morgan fingerprint density at radius 3 is 2.85 bits per heavy atom. The number of nitrogens with zero attached hydrogens (tertiary/aromatic N) is 3. The van der Waals surface area contributed by atoms with Crippen LogP contribution >= 0.6 is 11.8 Å². The zero-order chi connectivity index (χ0) is 18.9. The monoisotopic (exact) mass is 380 g/mol. The van der Waals surface area contributed by atoms with E-state index in [1.807, 2.05) is 25.3 Å². The summed E-state index contributed by atoms with van der Waals surface area (Å²) in [6.07, 6.45) is 3.44. The van der Waals surface area contributed by atoms with Crippen LogP contribution in [0.15, 0.2) is 28.0 Å². The highest BCUT2D eigenvalue weighted by Crippen LogP contribution is 2.24. The molecule has 0 radical (unpaired) electrons. The smallest absolute Gasteiger partial charge is 0.316 e. The number of esters is 1. The summed E-state index contributed by atoms with van der Waals surface area (Å²) in [7, 11) is 0. The van der Waals surface area contributed by atoms with Gasteiger partial charge in [0.15, 0.2) is 23.3 Å². The van der Waals surface area contributed by atoms with E-state index in [1.165, 1.54) is 11.8 Å². The fourth-order valence-electron chi connectivity index (χ4n) is 2.40. The predicted octanol–water partition coefficient (Wildman–Crippen LogP) is 2.50. The van der Waals surface area contributed by atoms with Gasteiger partial charge in [0, 0.05) is 12.6 Å². The molecule has 1 amide bonds. The number of hydrogen-bond donors (Lipinski definition) is 1. The molecule has 0 aromatic carbocycles. The molecule has 2 heterocycles. The van der Waals surface area contributed by atoms with Crippen molar-refractivity contribution in [3.63, 3.8) is 0 Å². The lowest BCUT2D eigenvalue weighted by atomic mass is 10.2. The Bertz CT molecular complexity index is 714. The molecule has 8 nitrogen and oxygen atoms in total. The maximum atomic E-state index is 11.9. The topological polar surface area (TPSA) is 99.2 Å². The van der Waals surface area contributed by atoms with Gasteiger partial charge in [-0.1, -0.05) is 25.1 Å². The highest BCUT2D eigenvalue weighted by Gasteiger charge is 2.17. The molecule has 1 N–H and O–H groups in total. The largest absolute Gasteiger partial charge is 0.461 e. The molecular formula is C17H24N4O4S. The third-order valence-corrected chi connectivity index (χ3v) is 4.53. The molecule has 0 bridgehead atoms. The lowest BCUT2D eigenvalue weighted by Crippen LogP contribution is -2.35. The molecule has 0 saturated carbocycles. The van der Waals surface area contributed by atoms with E-state index in [4.69, 9.17) is 9.15 Å². The van der Waals surface area contributed by atoms with Crippen LogP contribution in [0, 0.1) is 0 Å². The number of rotatable bonds is 10. The van der Waals surface area contributed by atoms with Crippen LogP contribution in [0.3, 0.4) is 0 Å². The number of nitrogens with one attached hydrogen (secondary N) is 1. The molecule has 0 aliphatic rings. The van der Waals surface area contributed by atoms with Crippen molar-refractivity contribution in [2.24, 2.45) is 0 Å². The summed E-state index contributed by atoms with van der Waals surface area (Å²) in [5, 5.41) is 11.6. The Balaban J connectivity index is 1.81. The van der Waals surface area contributed by atoms with Crippen LogP contribution in [0.2, 0.25) is 0 Å². The van der Waals surface area contributed by atoms with E-state index in [-0.39, 0.29) is 24.3 Å². The minimum absolute atomic E-state index is 0.0497. The molecule has 142 valence electrons. The first-order valence-corrected chi connectivity index (χ1v) is 9.58. The molecule has 2 aromatic rings. The summed E-state index contributed by atoms with van der Waals surface area (Å²) in [6.45, 7) is 6.29. The van der Waals surface area contributed by atoms with Gasteiger partial charge in [-0.2, -0.15) is 0 Å². The molecule has 0 unspecified atom stereocenters. The molecule has 2 aromatic heterocycles. The quantitative estimate of drug-likeness (QED) is 0.499. The fraction of sp³-hybridized carbons (Fsp3) is 0.529. The maximum absolute atomic E-state index is 11.9. The second kappa shape index (κ2) is 10.0. The van der Waals surface area contributed by atoms with Crippen molar-refractivity contribution in [1.82, 2.24) is 20.1 Å². The van der Waals surface area contributed by atoms with Crippen LogP contribution in [0.4, 0.5) is 0 Å². The molecule has 0 aliphatic heterocycles. The number of furan rings is 1. The Hall–Kier alpha value is -2.29. The first kappa shape index (κ1) is 20.0. The molecule has 0 saturated heterocycles. The van der Waals surface area contributed by atoms with Crippen LogP contribution in [0.5, 0.6) is 0 Å². The van der Waals surface area contributed by atoms with E-state index in [2.05, 4.69) is 15.5 Å². The van der Waals surface area contributed by atoms with Crippen LogP contribution in [0.1, 0.15) is 33.6 Å². The first-order chi connectivity index (χ1) is 12.5. The van der Waals surface area contributed by atoms with Crippen LogP contribution < -0.4 is 5.32 Å². The zero-order valence-corrected chi connectivity index (χ0v) is 16.0. The number of aromatic nitrogens is 3. The molecule has 26 heavy (non-hydrogen) atoms. The Morgan fingerprint density at radius 2 is 2.19 bits per heavy atom. The lowest BCUT2D eigenvalue weighted by Gasteiger charge is -2.12. The van der Waals surface area contributed by atoms with Crippen molar-refractivity contribution in [3.05, 3.63) is 18.4 Å². The number of thioether (sulfide) groups is 1.